The number of thiophene rings is 1. The standard InChI is InChI=1S/C19H11N3S/c1-4-8-18-12(5-1)13-9-10-16(22-19(13)23-18)17-11-20-14-6-2-3-7-15(14)21-17/h1-11H. The van der Waals surface area contributed by atoms with Gasteiger partial charge >= 0.3 is 0 Å². The maximum atomic E-state index is 4.81. The molecular formula is C19H11N3S. The van der Waals surface area contributed by atoms with Crippen molar-refractivity contribution in [1.82, 2.24) is 15.0 Å². The lowest BCUT2D eigenvalue weighted by Gasteiger charge is -2.02. The summed E-state index contributed by atoms with van der Waals surface area (Å²) in [5, 5.41) is 2.46. The number of nitrogens with zero attached hydrogens (tertiary/aromatic N) is 3. The van der Waals surface area contributed by atoms with Crippen LogP contribution in [-0.4, -0.2) is 15.0 Å². The number of rotatable bonds is 1. The molecule has 0 atom stereocenters. The minimum Gasteiger partial charge on any atom is -0.252 e. The molecule has 3 nitrogen and oxygen atoms in total. The first-order chi connectivity index (χ1) is 11.4. The van der Waals surface area contributed by atoms with Crippen LogP contribution in [-0.2, 0) is 0 Å². The van der Waals surface area contributed by atoms with Crippen molar-refractivity contribution in [3.63, 3.8) is 0 Å². The molecule has 0 unspecified atom stereocenters. The Balaban J connectivity index is 1.73. The molecule has 0 saturated heterocycles. The van der Waals surface area contributed by atoms with E-state index in [0.717, 1.165) is 27.3 Å². The predicted molar refractivity (Wildman–Crippen MR) is 95.7 cm³/mol. The van der Waals surface area contributed by atoms with Crippen LogP contribution in [0.25, 0.3) is 42.7 Å². The van der Waals surface area contributed by atoms with E-state index in [9.17, 15) is 0 Å². The smallest absolute Gasteiger partial charge is 0.125 e. The Labute approximate surface area is 136 Å². The molecule has 3 heterocycles. The highest BCUT2D eigenvalue weighted by Crippen LogP contribution is 2.33. The molecule has 2 aromatic carbocycles. The number of hydrogen-bond donors (Lipinski definition) is 0. The van der Waals surface area contributed by atoms with Crippen LogP contribution < -0.4 is 0 Å². The average Bonchev–Trinajstić information content (AvgIpc) is 2.99. The third kappa shape index (κ3) is 1.99. The molecule has 0 radical (unpaired) electrons. The van der Waals surface area contributed by atoms with Crippen LogP contribution in [0.1, 0.15) is 0 Å². The van der Waals surface area contributed by atoms with Gasteiger partial charge in [0.1, 0.15) is 10.5 Å². The summed E-state index contributed by atoms with van der Waals surface area (Å²) in [7, 11) is 0. The van der Waals surface area contributed by atoms with Gasteiger partial charge in [-0.3, -0.25) is 4.98 Å². The molecule has 0 saturated carbocycles. The average molecular weight is 313 g/mol. The van der Waals surface area contributed by atoms with Crippen LogP contribution >= 0.6 is 11.3 Å². The Morgan fingerprint density at radius 1 is 0.652 bits per heavy atom. The third-order valence-electron chi connectivity index (χ3n) is 3.96. The van der Waals surface area contributed by atoms with Crippen molar-refractivity contribution in [3.05, 3.63) is 66.9 Å². The highest BCUT2D eigenvalue weighted by molar-refractivity contribution is 7.25. The van der Waals surface area contributed by atoms with Crippen molar-refractivity contribution in [3.8, 4) is 11.4 Å². The van der Waals surface area contributed by atoms with Gasteiger partial charge in [-0.15, -0.1) is 11.3 Å². The number of hydrogen-bond acceptors (Lipinski definition) is 4. The number of fused-ring (bicyclic) bond motifs is 4. The molecule has 0 amide bonds. The van der Waals surface area contributed by atoms with Crippen molar-refractivity contribution in [2.45, 2.75) is 0 Å². The van der Waals surface area contributed by atoms with Gasteiger partial charge in [-0.05, 0) is 30.3 Å². The summed E-state index contributed by atoms with van der Waals surface area (Å²) in [6.45, 7) is 0. The first-order valence-corrected chi connectivity index (χ1v) is 8.21. The number of benzene rings is 2. The second kappa shape index (κ2) is 4.83. The van der Waals surface area contributed by atoms with E-state index < -0.39 is 0 Å². The molecule has 0 bridgehead atoms. The van der Waals surface area contributed by atoms with E-state index in [0.29, 0.717) is 0 Å². The van der Waals surface area contributed by atoms with Crippen LogP contribution in [0.4, 0.5) is 0 Å². The van der Waals surface area contributed by atoms with Crippen molar-refractivity contribution in [1.29, 1.82) is 0 Å². The molecule has 0 aliphatic carbocycles. The van der Waals surface area contributed by atoms with Gasteiger partial charge in [0.15, 0.2) is 0 Å². The van der Waals surface area contributed by atoms with Crippen LogP contribution in [0.5, 0.6) is 0 Å². The van der Waals surface area contributed by atoms with Crippen molar-refractivity contribution < 1.29 is 0 Å². The summed E-state index contributed by atoms with van der Waals surface area (Å²) in [5.74, 6) is 0. The Morgan fingerprint density at radius 3 is 2.43 bits per heavy atom. The van der Waals surface area contributed by atoms with E-state index in [1.807, 2.05) is 30.3 Å². The van der Waals surface area contributed by atoms with Gasteiger partial charge in [-0.25, -0.2) is 9.97 Å². The topological polar surface area (TPSA) is 38.7 Å². The Kier molecular flexibility index (Phi) is 2.66. The van der Waals surface area contributed by atoms with Gasteiger partial charge in [0.2, 0.25) is 0 Å². The highest BCUT2D eigenvalue weighted by atomic mass is 32.1. The van der Waals surface area contributed by atoms with Gasteiger partial charge in [0.25, 0.3) is 0 Å². The van der Waals surface area contributed by atoms with Crippen molar-refractivity contribution in [2.75, 3.05) is 0 Å². The van der Waals surface area contributed by atoms with Gasteiger partial charge in [0, 0.05) is 15.5 Å². The minimum atomic E-state index is 0.808. The summed E-state index contributed by atoms with van der Waals surface area (Å²) in [6, 6.07) is 20.5. The Bertz CT molecular complexity index is 1180. The van der Waals surface area contributed by atoms with E-state index in [1.165, 1.54) is 15.5 Å². The second-order valence-corrected chi connectivity index (χ2v) is 6.42. The molecule has 0 aliphatic heterocycles. The number of aromatic nitrogens is 3. The van der Waals surface area contributed by atoms with E-state index in [4.69, 9.17) is 4.98 Å². The zero-order valence-corrected chi connectivity index (χ0v) is 12.9. The molecule has 0 fully saturated rings. The maximum absolute atomic E-state index is 4.81. The fraction of sp³-hybridized carbons (Fsp3) is 0. The third-order valence-corrected chi connectivity index (χ3v) is 5.04. The normalized spacial score (nSPS) is 11.5. The Morgan fingerprint density at radius 2 is 1.48 bits per heavy atom. The fourth-order valence-corrected chi connectivity index (χ4v) is 3.90. The van der Waals surface area contributed by atoms with E-state index in [1.54, 1.807) is 17.5 Å². The lowest BCUT2D eigenvalue weighted by molar-refractivity contribution is 1.26. The SMILES string of the molecule is c1ccc2nc(-c3ccc4c(n3)sc3ccccc34)cnc2c1. The van der Waals surface area contributed by atoms with Gasteiger partial charge in [-0.2, -0.15) is 0 Å². The van der Waals surface area contributed by atoms with Crippen LogP contribution in [0.2, 0.25) is 0 Å². The van der Waals surface area contributed by atoms with Crippen LogP contribution in [0.15, 0.2) is 66.9 Å². The van der Waals surface area contributed by atoms with Crippen LogP contribution in [0.3, 0.4) is 0 Å². The molecule has 5 rings (SSSR count). The molecule has 3 aromatic heterocycles. The van der Waals surface area contributed by atoms with E-state index >= 15 is 0 Å². The van der Waals surface area contributed by atoms with Crippen molar-refractivity contribution in [2.24, 2.45) is 0 Å². The van der Waals surface area contributed by atoms with Crippen LogP contribution in [0, 0.1) is 0 Å². The monoisotopic (exact) mass is 313 g/mol. The molecule has 0 aliphatic rings. The molecule has 23 heavy (non-hydrogen) atoms. The number of pyridine rings is 1. The predicted octanol–water partition coefficient (Wildman–Crippen LogP) is 5.06. The summed E-state index contributed by atoms with van der Waals surface area (Å²) in [6.07, 6.45) is 1.80. The number of para-hydroxylation sites is 2. The molecular weight excluding hydrogens is 302 g/mol. The van der Waals surface area contributed by atoms with Crippen molar-refractivity contribution >= 4 is 42.7 Å². The lowest BCUT2D eigenvalue weighted by Crippen LogP contribution is -1.90. The first-order valence-electron chi connectivity index (χ1n) is 7.39. The van der Waals surface area contributed by atoms with Gasteiger partial charge in [-0.1, -0.05) is 30.3 Å². The fourth-order valence-electron chi connectivity index (χ4n) is 2.83. The molecule has 108 valence electrons. The first kappa shape index (κ1) is 12.7. The molecule has 5 aromatic rings. The summed E-state index contributed by atoms with van der Waals surface area (Å²) in [5.41, 5.74) is 3.47. The second-order valence-electron chi connectivity index (χ2n) is 5.39. The Hall–Kier alpha value is -2.85. The minimum absolute atomic E-state index is 0.808. The zero-order chi connectivity index (χ0) is 15.2. The van der Waals surface area contributed by atoms with Gasteiger partial charge < -0.3 is 0 Å². The van der Waals surface area contributed by atoms with E-state index in [-0.39, 0.29) is 0 Å². The molecule has 0 N–H and O–H groups in total. The van der Waals surface area contributed by atoms with Gasteiger partial charge in [0.05, 0.1) is 22.9 Å². The zero-order valence-electron chi connectivity index (χ0n) is 12.1. The lowest BCUT2D eigenvalue weighted by atomic mass is 10.2. The summed E-state index contributed by atoms with van der Waals surface area (Å²) < 4.78 is 1.26. The highest BCUT2D eigenvalue weighted by Gasteiger charge is 2.09. The molecule has 4 heteroatoms. The van der Waals surface area contributed by atoms with E-state index in [2.05, 4.69) is 40.3 Å². The quantitative estimate of drug-likeness (QED) is 0.434. The molecule has 0 spiro atoms. The summed E-state index contributed by atoms with van der Waals surface area (Å²) >= 11 is 1.71. The maximum Gasteiger partial charge on any atom is 0.125 e. The largest absolute Gasteiger partial charge is 0.252 e. The summed E-state index contributed by atoms with van der Waals surface area (Å²) in [4.78, 5) is 15.0.